The zero-order chi connectivity index (χ0) is 19.1. The summed E-state index contributed by atoms with van der Waals surface area (Å²) in [5.41, 5.74) is 2.88. The summed E-state index contributed by atoms with van der Waals surface area (Å²) in [5, 5.41) is 2.79. The molecule has 5 nitrogen and oxygen atoms in total. The van der Waals surface area contributed by atoms with Gasteiger partial charge >= 0.3 is 5.97 Å². The van der Waals surface area contributed by atoms with Crippen LogP contribution in [-0.2, 0) is 9.53 Å². The van der Waals surface area contributed by atoms with Gasteiger partial charge in [-0.25, -0.2) is 4.79 Å². The lowest BCUT2D eigenvalue weighted by atomic mass is 10.1. The summed E-state index contributed by atoms with van der Waals surface area (Å²) in [6, 6.07) is 12.6. The minimum absolute atomic E-state index is 0.272. The van der Waals surface area contributed by atoms with Crippen molar-refractivity contribution in [3.05, 3.63) is 59.2 Å². The van der Waals surface area contributed by atoms with Gasteiger partial charge in [0.1, 0.15) is 5.75 Å². The number of esters is 1. The van der Waals surface area contributed by atoms with Crippen molar-refractivity contribution in [2.75, 3.05) is 11.9 Å². The molecule has 0 radical (unpaired) electrons. The Balaban J connectivity index is 2.16. The molecular weight excluding hydrogens is 330 g/mol. The molecule has 1 amide bonds. The van der Waals surface area contributed by atoms with E-state index in [0.29, 0.717) is 23.4 Å². The fourth-order valence-electron chi connectivity index (χ4n) is 2.68. The first kappa shape index (κ1) is 19.5. The molecule has 0 saturated carbocycles. The molecule has 0 bridgehead atoms. The number of rotatable bonds is 7. The number of anilines is 1. The number of carbonyl (C=O) groups excluding carboxylic acids is 2. The molecular formula is C21H25NO4. The molecule has 0 aliphatic carbocycles. The molecule has 1 atom stereocenters. The molecule has 138 valence electrons. The fraction of sp³-hybridized carbons (Fsp3) is 0.333. The van der Waals surface area contributed by atoms with Gasteiger partial charge in [0.05, 0.1) is 17.9 Å². The lowest BCUT2D eigenvalue weighted by Crippen LogP contribution is -2.33. The molecule has 0 aliphatic rings. The summed E-state index contributed by atoms with van der Waals surface area (Å²) < 4.78 is 10.9. The number of carbonyl (C=O) groups is 2. The number of benzene rings is 2. The van der Waals surface area contributed by atoms with Crippen molar-refractivity contribution in [1.29, 1.82) is 0 Å². The van der Waals surface area contributed by atoms with Gasteiger partial charge in [-0.2, -0.15) is 0 Å². The van der Waals surface area contributed by atoms with Gasteiger partial charge in [-0.15, -0.1) is 0 Å². The molecule has 0 aliphatic heterocycles. The predicted octanol–water partition coefficient (Wildman–Crippen LogP) is 4.28. The van der Waals surface area contributed by atoms with Gasteiger partial charge in [-0.05, 0) is 62.6 Å². The summed E-state index contributed by atoms with van der Waals surface area (Å²) in [7, 11) is 0. The summed E-state index contributed by atoms with van der Waals surface area (Å²) in [5.74, 6) is -0.113. The number of hydrogen-bond donors (Lipinski definition) is 1. The molecule has 26 heavy (non-hydrogen) atoms. The third-order valence-electron chi connectivity index (χ3n) is 3.82. The first-order valence-electron chi connectivity index (χ1n) is 8.76. The van der Waals surface area contributed by atoms with Crippen molar-refractivity contribution < 1.29 is 19.1 Å². The maximum atomic E-state index is 12.7. The smallest absolute Gasteiger partial charge is 0.340 e. The topological polar surface area (TPSA) is 64.6 Å². The Morgan fingerprint density at radius 1 is 1.04 bits per heavy atom. The largest absolute Gasteiger partial charge is 0.481 e. The normalized spacial score (nSPS) is 11.5. The number of ether oxygens (including phenoxy) is 2. The molecule has 0 aromatic heterocycles. The maximum Gasteiger partial charge on any atom is 0.340 e. The summed E-state index contributed by atoms with van der Waals surface area (Å²) in [6.07, 6.45) is -0.160. The van der Waals surface area contributed by atoms with Gasteiger partial charge in [0, 0.05) is 0 Å². The van der Waals surface area contributed by atoms with Crippen molar-refractivity contribution in [3.8, 4) is 5.75 Å². The van der Waals surface area contributed by atoms with Gasteiger partial charge in [0.25, 0.3) is 5.91 Å². The van der Waals surface area contributed by atoms with Crippen LogP contribution in [0.15, 0.2) is 42.5 Å². The highest BCUT2D eigenvalue weighted by Gasteiger charge is 2.21. The third kappa shape index (κ3) is 5.09. The first-order chi connectivity index (χ1) is 12.4. The SMILES string of the molecule is CCOC(=O)c1ccccc1NC(=O)[C@H](CC)Oc1cc(C)cc(C)c1. The van der Waals surface area contributed by atoms with Crippen molar-refractivity contribution in [2.45, 2.75) is 40.2 Å². The van der Waals surface area contributed by atoms with Gasteiger partial charge < -0.3 is 14.8 Å². The van der Waals surface area contributed by atoms with E-state index in [-0.39, 0.29) is 12.5 Å². The monoisotopic (exact) mass is 355 g/mol. The van der Waals surface area contributed by atoms with Crippen molar-refractivity contribution in [1.82, 2.24) is 0 Å². The molecule has 0 heterocycles. The van der Waals surface area contributed by atoms with E-state index in [2.05, 4.69) is 5.32 Å². The van der Waals surface area contributed by atoms with E-state index in [1.807, 2.05) is 39.0 Å². The van der Waals surface area contributed by atoms with Crippen molar-refractivity contribution >= 4 is 17.6 Å². The fourth-order valence-corrected chi connectivity index (χ4v) is 2.68. The van der Waals surface area contributed by atoms with Crippen LogP contribution in [0.2, 0.25) is 0 Å². The molecule has 5 heteroatoms. The second kappa shape index (κ2) is 9.04. The molecule has 1 N–H and O–H groups in total. The quantitative estimate of drug-likeness (QED) is 0.753. The van der Waals surface area contributed by atoms with E-state index in [1.54, 1.807) is 31.2 Å². The van der Waals surface area contributed by atoms with Gasteiger partial charge in [-0.1, -0.05) is 25.1 Å². The van der Waals surface area contributed by atoms with Crippen LogP contribution in [0.3, 0.4) is 0 Å². The zero-order valence-electron chi connectivity index (χ0n) is 15.7. The number of amides is 1. The van der Waals surface area contributed by atoms with Crippen LogP contribution in [0, 0.1) is 13.8 Å². The molecule has 0 saturated heterocycles. The second-order valence-corrected chi connectivity index (χ2v) is 6.09. The number of para-hydroxylation sites is 1. The Hall–Kier alpha value is -2.82. The van der Waals surface area contributed by atoms with E-state index in [4.69, 9.17) is 9.47 Å². The third-order valence-corrected chi connectivity index (χ3v) is 3.82. The average Bonchev–Trinajstić information content (AvgIpc) is 2.59. The predicted molar refractivity (Wildman–Crippen MR) is 102 cm³/mol. The van der Waals surface area contributed by atoms with Crippen molar-refractivity contribution in [3.63, 3.8) is 0 Å². The number of nitrogens with one attached hydrogen (secondary N) is 1. The van der Waals surface area contributed by atoms with E-state index in [9.17, 15) is 9.59 Å². The van der Waals surface area contributed by atoms with E-state index >= 15 is 0 Å². The molecule has 2 rings (SSSR count). The summed E-state index contributed by atoms with van der Waals surface area (Å²) >= 11 is 0. The standard InChI is InChI=1S/C21H25NO4/c1-5-19(26-16-12-14(3)11-15(4)13-16)20(23)22-18-10-8-7-9-17(18)21(24)25-6-2/h7-13,19H,5-6H2,1-4H3,(H,22,23)/t19-/m0/s1. The van der Waals surface area contributed by atoms with Crippen LogP contribution in [0.25, 0.3) is 0 Å². The van der Waals surface area contributed by atoms with Crippen LogP contribution in [0.5, 0.6) is 5.75 Å². The van der Waals surface area contributed by atoms with E-state index in [0.717, 1.165) is 11.1 Å². The Kier molecular flexibility index (Phi) is 6.78. The number of hydrogen-bond acceptors (Lipinski definition) is 4. The minimum atomic E-state index is -0.661. The molecule has 0 spiro atoms. The van der Waals surface area contributed by atoms with Crippen LogP contribution in [0.4, 0.5) is 5.69 Å². The molecule has 2 aromatic rings. The highest BCUT2D eigenvalue weighted by molar-refractivity contribution is 6.02. The average molecular weight is 355 g/mol. The van der Waals surface area contributed by atoms with E-state index in [1.165, 1.54) is 0 Å². The summed E-state index contributed by atoms with van der Waals surface area (Å²) in [4.78, 5) is 24.7. The highest BCUT2D eigenvalue weighted by Crippen LogP contribution is 2.21. The van der Waals surface area contributed by atoms with Crippen LogP contribution >= 0.6 is 0 Å². The van der Waals surface area contributed by atoms with E-state index < -0.39 is 12.1 Å². The molecule has 2 aromatic carbocycles. The lowest BCUT2D eigenvalue weighted by Gasteiger charge is -2.19. The highest BCUT2D eigenvalue weighted by atomic mass is 16.5. The number of aryl methyl sites for hydroxylation is 2. The molecule has 0 unspecified atom stereocenters. The van der Waals surface area contributed by atoms with Crippen molar-refractivity contribution in [2.24, 2.45) is 0 Å². The lowest BCUT2D eigenvalue weighted by molar-refractivity contribution is -0.122. The Bertz CT molecular complexity index is 765. The first-order valence-corrected chi connectivity index (χ1v) is 8.76. The van der Waals surface area contributed by atoms with Crippen LogP contribution in [0.1, 0.15) is 41.8 Å². The minimum Gasteiger partial charge on any atom is -0.481 e. The second-order valence-electron chi connectivity index (χ2n) is 6.09. The van der Waals surface area contributed by atoms with Crippen LogP contribution < -0.4 is 10.1 Å². The van der Waals surface area contributed by atoms with Gasteiger partial charge in [-0.3, -0.25) is 4.79 Å². The Labute approximate surface area is 154 Å². The maximum absolute atomic E-state index is 12.7. The van der Waals surface area contributed by atoms with Gasteiger partial charge in [0.15, 0.2) is 6.10 Å². The summed E-state index contributed by atoms with van der Waals surface area (Å²) in [6.45, 7) is 7.86. The Morgan fingerprint density at radius 3 is 2.31 bits per heavy atom. The van der Waals surface area contributed by atoms with Crippen LogP contribution in [-0.4, -0.2) is 24.6 Å². The molecule has 0 fully saturated rings. The van der Waals surface area contributed by atoms with Gasteiger partial charge in [0.2, 0.25) is 0 Å². The Morgan fingerprint density at radius 2 is 1.69 bits per heavy atom. The zero-order valence-corrected chi connectivity index (χ0v) is 15.7.